The Kier molecular flexibility index (Phi) is 4.78. The number of nitrogens with one attached hydrogen (secondary N) is 1. The fourth-order valence-corrected chi connectivity index (χ4v) is 2.50. The van der Waals surface area contributed by atoms with Gasteiger partial charge in [-0.05, 0) is 40.1 Å². The van der Waals surface area contributed by atoms with E-state index in [1.165, 1.54) is 12.1 Å². The molecule has 9 nitrogen and oxygen atoms in total. The van der Waals surface area contributed by atoms with Gasteiger partial charge in [-0.1, -0.05) is 19.1 Å². The summed E-state index contributed by atoms with van der Waals surface area (Å²) in [5.41, 5.74) is 1.73. The number of hydrogen-bond donors (Lipinski definition) is 1. The highest BCUT2D eigenvalue weighted by Crippen LogP contribution is 2.31. The number of pyridine rings is 1. The second kappa shape index (κ2) is 7.18. The predicted molar refractivity (Wildman–Crippen MR) is 93.2 cm³/mol. The third-order valence-corrected chi connectivity index (χ3v) is 3.87. The molecule has 0 atom stereocenters. The molecular formula is C17H16N4O5. The van der Waals surface area contributed by atoms with Crippen molar-refractivity contribution in [3.8, 4) is 5.75 Å². The van der Waals surface area contributed by atoms with E-state index in [0.29, 0.717) is 5.69 Å². The van der Waals surface area contributed by atoms with Gasteiger partial charge in [-0.25, -0.2) is 0 Å². The molecule has 1 N–H and O–H groups in total. The normalized spacial score (nSPS) is 13.0. The topological polar surface area (TPSA) is 115 Å². The highest BCUT2D eigenvalue weighted by Gasteiger charge is 2.33. The zero-order valence-electron chi connectivity index (χ0n) is 14.0. The molecule has 0 saturated carbocycles. The summed E-state index contributed by atoms with van der Waals surface area (Å²) in [6.45, 7) is 1.45. The number of aryl methyl sites for hydroxylation is 1. The lowest BCUT2D eigenvalue weighted by atomic mass is 10.1. The van der Waals surface area contributed by atoms with E-state index in [9.17, 15) is 19.7 Å². The summed E-state index contributed by atoms with van der Waals surface area (Å²) < 4.78 is 5.22. The summed E-state index contributed by atoms with van der Waals surface area (Å²) in [6, 6.07) is 9.89. The number of carbonyl (C=O) groups is 2. The van der Waals surface area contributed by atoms with Crippen LogP contribution in [0.5, 0.6) is 5.75 Å². The lowest BCUT2D eigenvalue weighted by molar-refractivity contribution is -0.389. The Bertz CT molecular complexity index is 866. The van der Waals surface area contributed by atoms with E-state index < -0.39 is 22.6 Å². The van der Waals surface area contributed by atoms with Crippen LogP contribution in [0.2, 0.25) is 0 Å². The highest BCUT2D eigenvalue weighted by atomic mass is 16.6. The standard InChI is InChI=1S/C17H16N4O5/c1-2-11-3-5-12(6-4-11)18-15(22)9-20-16(23)10-26-13-7-8-14(21(24)25)19-17(13)20/h3-8H,2,9-10H2,1H3,(H,18,22). The zero-order chi connectivity index (χ0) is 18.7. The molecule has 0 radical (unpaired) electrons. The number of aromatic nitrogens is 1. The summed E-state index contributed by atoms with van der Waals surface area (Å²) in [7, 11) is 0. The largest absolute Gasteiger partial charge is 0.477 e. The maximum atomic E-state index is 12.3. The van der Waals surface area contributed by atoms with E-state index in [0.717, 1.165) is 16.9 Å². The van der Waals surface area contributed by atoms with Crippen LogP contribution in [0.1, 0.15) is 12.5 Å². The van der Waals surface area contributed by atoms with E-state index in [4.69, 9.17) is 4.74 Å². The second-order valence-electron chi connectivity index (χ2n) is 5.62. The lowest BCUT2D eigenvalue weighted by Crippen LogP contribution is -2.44. The minimum absolute atomic E-state index is 0.0352. The molecule has 134 valence electrons. The number of rotatable bonds is 5. The van der Waals surface area contributed by atoms with E-state index in [1.54, 1.807) is 12.1 Å². The SMILES string of the molecule is CCc1ccc(NC(=O)CN2C(=O)COc3ccc([N+](=O)[O-])nc32)cc1. The van der Waals surface area contributed by atoms with Crippen LogP contribution in [-0.2, 0) is 16.0 Å². The molecule has 1 aromatic carbocycles. The van der Waals surface area contributed by atoms with Crippen molar-refractivity contribution in [3.63, 3.8) is 0 Å². The Hall–Kier alpha value is -3.49. The quantitative estimate of drug-likeness (QED) is 0.646. The number of carbonyl (C=O) groups excluding carboxylic acids is 2. The molecule has 2 heterocycles. The molecule has 0 saturated heterocycles. The zero-order valence-corrected chi connectivity index (χ0v) is 14.0. The monoisotopic (exact) mass is 356 g/mol. The van der Waals surface area contributed by atoms with Crippen LogP contribution in [0.15, 0.2) is 36.4 Å². The van der Waals surface area contributed by atoms with Gasteiger partial charge in [-0.15, -0.1) is 0 Å². The first kappa shape index (κ1) is 17.3. The van der Waals surface area contributed by atoms with Crippen LogP contribution in [-0.4, -0.2) is 34.9 Å². The molecule has 0 bridgehead atoms. The van der Waals surface area contributed by atoms with Crippen molar-refractivity contribution in [3.05, 3.63) is 52.1 Å². The minimum Gasteiger partial charge on any atom is -0.477 e. The van der Waals surface area contributed by atoms with Crippen LogP contribution in [0.4, 0.5) is 17.3 Å². The predicted octanol–water partition coefficient (Wildman–Crippen LogP) is 1.92. The van der Waals surface area contributed by atoms with Gasteiger partial charge in [0.25, 0.3) is 11.7 Å². The van der Waals surface area contributed by atoms with Crippen LogP contribution < -0.4 is 15.0 Å². The van der Waals surface area contributed by atoms with Gasteiger partial charge in [0, 0.05) is 11.8 Å². The molecule has 0 aliphatic carbocycles. The minimum atomic E-state index is -0.674. The van der Waals surface area contributed by atoms with Crippen LogP contribution in [0.3, 0.4) is 0 Å². The average molecular weight is 356 g/mol. The molecule has 2 amide bonds. The van der Waals surface area contributed by atoms with Crippen LogP contribution in [0.25, 0.3) is 0 Å². The molecule has 2 aromatic rings. The number of anilines is 2. The van der Waals surface area contributed by atoms with Crippen molar-refractivity contribution < 1.29 is 19.2 Å². The number of nitrogens with zero attached hydrogens (tertiary/aromatic N) is 3. The van der Waals surface area contributed by atoms with E-state index in [1.807, 2.05) is 19.1 Å². The van der Waals surface area contributed by atoms with E-state index in [-0.39, 0.29) is 24.7 Å². The molecule has 0 unspecified atom stereocenters. The third kappa shape index (κ3) is 3.61. The fourth-order valence-electron chi connectivity index (χ4n) is 2.50. The van der Waals surface area contributed by atoms with Crippen molar-refractivity contribution in [1.82, 2.24) is 4.98 Å². The second-order valence-corrected chi connectivity index (χ2v) is 5.62. The van der Waals surface area contributed by atoms with E-state index in [2.05, 4.69) is 10.3 Å². The first-order chi connectivity index (χ1) is 12.5. The smallest absolute Gasteiger partial charge is 0.366 e. The van der Waals surface area contributed by atoms with Gasteiger partial charge in [0.1, 0.15) is 6.54 Å². The molecule has 9 heteroatoms. The van der Waals surface area contributed by atoms with Crippen molar-refractivity contribution >= 4 is 29.1 Å². The molecule has 1 aliphatic heterocycles. The van der Waals surface area contributed by atoms with E-state index >= 15 is 0 Å². The van der Waals surface area contributed by atoms with Crippen LogP contribution in [0, 0.1) is 10.1 Å². The Morgan fingerprint density at radius 1 is 1.31 bits per heavy atom. The molecule has 1 aromatic heterocycles. The number of ether oxygens (including phenoxy) is 1. The van der Waals surface area contributed by atoms with Crippen molar-refractivity contribution in [2.45, 2.75) is 13.3 Å². The number of hydrogen-bond acceptors (Lipinski definition) is 6. The average Bonchev–Trinajstić information content (AvgIpc) is 2.64. The lowest BCUT2D eigenvalue weighted by Gasteiger charge is -2.24. The van der Waals surface area contributed by atoms with Gasteiger partial charge in [0.2, 0.25) is 5.91 Å². The number of amides is 2. The molecule has 26 heavy (non-hydrogen) atoms. The van der Waals surface area contributed by atoms with Gasteiger partial charge in [-0.2, -0.15) is 0 Å². The van der Waals surface area contributed by atoms with Crippen molar-refractivity contribution in [2.75, 3.05) is 23.4 Å². The fraction of sp³-hybridized carbons (Fsp3) is 0.235. The van der Waals surface area contributed by atoms with Gasteiger partial charge in [0.05, 0.1) is 0 Å². The Morgan fingerprint density at radius 2 is 2.04 bits per heavy atom. The van der Waals surface area contributed by atoms with Crippen molar-refractivity contribution in [2.24, 2.45) is 0 Å². The number of fused-ring (bicyclic) bond motifs is 1. The molecule has 1 aliphatic rings. The highest BCUT2D eigenvalue weighted by molar-refractivity contribution is 6.04. The molecule has 0 spiro atoms. The van der Waals surface area contributed by atoms with Gasteiger partial charge in [-0.3, -0.25) is 14.5 Å². The summed E-state index contributed by atoms with van der Waals surface area (Å²) >= 11 is 0. The van der Waals surface area contributed by atoms with Gasteiger partial charge in [0.15, 0.2) is 12.4 Å². The Balaban J connectivity index is 1.78. The molecule has 0 fully saturated rings. The van der Waals surface area contributed by atoms with Gasteiger partial charge < -0.3 is 20.2 Å². The van der Waals surface area contributed by atoms with Crippen molar-refractivity contribution in [1.29, 1.82) is 0 Å². The van der Waals surface area contributed by atoms with Crippen LogP contribution >= 0.6 is 0 Å². The number of benzene rings is 1. The maximum absolute atomic E-state index is 12.3. The first-order valence-corrected chi connectivity index (χ1v) is 7.95. The van der Waals surface area contributed by atoms with Gasteiger partial charge >= 0.3 is 5.82 Å². The third-order valence-electron chi connectivity index (χ3n) is 3.87. The number of nitro groups is 1. The first-order valence-electron chi connectivity index (χ1n) is 7.95. The molecular weight excluding hydrogens is 340 g/mol. The summed E-state index contributed by atoms with van der Waals surface area (Å²) in [4.78, 5) is 39.6. The summed E-state index contributed by atoms with van der Waals surface area (Å²) in [5, 5.41) is 13.6. The summed E-state index contributed by atoms with van der Waals surface area (Å²) in [6.07, 6.45) is 0.887. The Labute approximate surface area is 148 Å². The summed E-state index contributed by atoms with van der Waals surface area (Å²) in [5.74, 6) is -1.18. The maximum Gasteiger partial charge on any atom is 0.366 e. The molecule has 3 rings (SSSR count). The Morgan fingerprint density at radius 3 is 2.69 bits per heavy atom.